The highest BCUT2D eigenvalue weighted by molar-refractivity contribution is 6.35. The average Bonchev–Trinajstić information content (AvgIpc) is 2.45. The Kier molecular flexibility index (Phi) is 3.97. The zero-order valence-electron chi connectivity index (χ0n) is 10.4. The lowest BCUT2D eigenvalue weighted by Crippen LogP contribution is -2.15. The number of rotatable bonds is 2. The minimum Gasteiger partial charge on any atom is -0.486 e. The molecule has 104 valence electrons. The van der Waals surface area contributed by atoms with E-state index in [1.54, 1.807) is 6.07 Å². The van der Waals surface area contributed by atoms with Crippen LogP contribution in [0.2, 0.25) is 10.0 Å². The van der Waals surface area contributed by atoms with E-state index in [0.29, 0.717) is 29.0 Å². The first-order valence-corrected chi connectivity index (χ1v) is 7.32. The lowest BCUT2D eigenvalue weighted by Gasteiger charge is -2.20. The molecular formula is C15H11Cl3O2. The van der Waals surface area contributed by atoms with E-state index in [1.165, 1.54) is 0 Å². The first kappa shape index (κ1) is 13.9. The van der Waals surface area contributed by atoms with Crippen molar-refractivity contribution in [2.24, 2.45) is 0 Å². The van der Waals surface area contributed by atoms with E-state index < -0.39 is 0 Å². The largest absolute Gasteiger partial charge is 0.486 e. The van der Waals surface area contributed by atoms with E-state index in [1.807, 2.05) is 30.3 Å². The minimum absolute atomic E-state index is 0.345. The molecule has 2 nitrogen and oxygen atoms in total. The van der Waals surface area contributed by atoms with E-state index in [4.69, 9.17) is 44.3 Å². The number of halogens is 3. The van der Waals surface area contributed by atoms with Crippen LogP contribution in [-0.2, 0) is 0 Å². The molecule has 0 saturated carbocycles. The molecule has 0 radical (unpaired) electrons. The summed E-state index contributed by atoms with van der Waals surface area (Å²) in [6.45, 7) is 1.12. The molecule has 1 aliphatic heterocycles. The summed E-state index contributed by atoms with van der Waals surface area (Å²) in [6.07, 6.45) is 0. The van der Waals surface area contributed by atoms with Crippen molar-refractivity contribution in [2.75, 3.05) is 13.2 Å². The van der Waals surface area contributed by atoms with Gasteiger partial charge < -0.3 is 9.47 Å². The summed E-state index contributed by atoms with van der Waals surface area (Å²) in [7, 11) is 0. The lowest BCUT2D eigenvalue weighted by atomic mass is 10.0. The molecule has 1 heterocycles. The summed E-state index contributed by atoms with van der Waals surface area (Å²) < 4.78 is 11.1. The van der Waals surface area contributed by atoms with Gasteiger partial charge in [0.05, 0.1) is 5.38 Å². The summed E-state index contributed by atoms with van der Waals surface area (Å²) >= 11 is 18.5. The first-order chi connectivity index (χ1) is 9.63. The van der Waals surface area contributed by atoms with Crippen LogP contribution in [0.15, 0.2) is 36.4 Å². The van der Waals surface area contributed by atoms with Crippen LogP contribution >= 0.6 is 34.8 Å². The summed E-state index contributed by atoms with van der Waals surface area (Å²) in [6, 6.07) is 11.0. The Morgan fingerprint density at radius 1 is 0.800 bits per heavy atom. The fraction of sp³-hybridized carbons (Fsp3) is 0.200. The molecule has 1 atom stereocenters. The van der Waals surface area contributed by atoms with E-state index in [-0.39, 0.29) is 5.38 Å². The van der Waals surface area contributed by atoms with Gasteiger partial charge in [-0.05, 0) is 41.5 Å². The molecule has 0 amide bonds. The van der Waals surface area contributed by atoms with E-state index in [2.05, 4.69) is 0 Å². The summed E-state index contributed by atoms with van der Waals surface area (Å²) in [5.74, 6) is 1.46. The minimum atomic E-state index is -0.345. The first-order valence-electron chi connectivity index (χ1n) is 6.13. The summed E-state index contributed by atoms with van der Waals surface area (Å²) in [5, 5.41) is 0.786. The maximum Gasteiger partial charge on any atom is 0.161 e. The van der Waals surface area contributed by atoms with Gasteiger partial charge in [0.1, 0.15) is 13.2 Å². The third-order valence-electron chi connectivity index (χ3n) is 3.04. The standard InChI is InChI=1S/C15H11Cl3O2/c16-11-5-10(6-12(17)8-11)15(18)9-1-2-13-14(7-9)20-4-3-19-13/h1-2,5-8,15H,3-4H2. The Hall–Kier alpha value is -1.09. The zero-order valence-corrected chi connectivity index (χ0v) is 12.7. The number of benzene rings is 2. The van der Waals surface area contributed by atoms with Gasteiger partial charge in [-0.15, -0.1) is 11.6 Å². The third-order valence-corrected chi connectivity index (χ3v) is 3.98. The van der Waals surface area contributed by atoms with Crippen molar-refractivity contribution in [3.63, 3.8) is 0 Å². The van der Waals surface area contributed by atoms with Crippen LogP contribution in [0.5, 0.6) is 11.5 Å². The van der Waals surface area contributed by atoms with Crippen molar-refractivity contribution >= 4 is 34.8 Å². The quantitative estimate of drug-likeness (QED) is 0.714. The summed E-state index contributed by atoms with van der Waals surface area (Å²) in [4.78, 5) is 0. The van der Waals surface area contributed by atoms with Crippen molar-refractivity contribution in [1.29, 1.82) is 0 Å². The molecule has 0 spiro atoms. The predicted molar refractivity (Wildman–Crippen MR) is 81.6 cm³/mol. The Labute approximate surface area is 132 Å². The molecule has 0 N–H and O–H groups in total. The third kappa shape index (κ3) is 2.83. The topological polar surface area (TPSA) is 18.5 Å². The van der Waals surface area contributed by atoms with Crippen LogP contribution in [0.3, 0.4) is 0 Å². The van der Waals surface area contributed by atoms with Crippen LogP contribution in [0.4, 0.5) is 0 Å². The van der Waals surface area contributed by atoms with Crippen LogP contribution in [0.1, 0.15) is 16.5 Å². The maximum absolute atomic E-state index is 6.50. The predicted octanol–water partition coefficient (Wildman–Crippen LogP) is 5.09. The van der Waals surface area contributed by atoms with Gasteiger partial charge in [-0.3, -0.25) is 0 Å². The molecule has 2 aromatic rings. The molecule has 1 unspecified atom stereocenters. The Balaban J connectivity index is 1.95. The number of ether oxygens (including phenoxy) is 2. The Morgan fingerprint density at radius 3 is 2.15 bits per heavy atom. The Bertz CT molecular complexity index is 623. The molecule has 20 heavy (non-hydrogen) atoms. The molecule has 2 aromatic carbocycles. The van der Waals surface area contributed by atoms with Crippen LogP contribution in [0.25, 0.3) is 0 Å². The van der Waals surface area contributed by atoms with E-state index in [9.17, 15) is 0 Å². The lowest BCUT2D eigenvalue weighted by molar-refractivity contribution is 0.171. The van der Waals surface area contributed by atoms with E-state index in [0.717, 1.165) is 16.9 Å². The van der Waals surface area contributed by atoms with Crippen molar-refractivity contribution in [3.05, 3.63) is 57.6 Å². The molecule has 0 saturated heterocycles. The van der Waals surface area contributed by atoms with Gasteiger partial charge in [0, 0.05) is 10.0 Å². The normalized spacial score (nSPS) is 14.9. The number of hydrogen-bond donors (Lipinski definition) is 0. The van der Waals surface area contributed by atoms with Crippen molar-refractivity contribution in [1.82, 2.24) is 0 Å². The van der Waals surface area contributed by atoms with Crippen molar-refractivity contribution in [3.8, 4) is 11.5 Å². The molecule has 1 aliphatic rings. The second-order valence-corrected chi connectivity index (χ2v) is 5.78. The molecule has 0 aromatic heterocycles. The molecule has 0 aliphatic carbocycles. The zero-order chi connectivity index (χ0) is 14.1. The summed E-state index contributed by atoms with van der Waals surface area (Å²) in [5.41, 5.74) is 1.76. The number of alkyl halides is 1. The van der Waals surface area contributed by atoms with Gasteiger partial charge in [-0.25, -0.2) is 0 Å². The van der Waals surface area contributed by atoms with Crippen LogP contribution < -0.4 is 9.47 Å². The number of fused-ring (bicyclic) bond motifs is 1. The maximum atomic E-state index is 6.50. The van der Waals surface area contributed by atoms with E-state index >= 15 is 0 Å². The molecule has 0 fully saturated rings. The van der Waals surface area contributed by atoms with Gasteiger partial charge in [0.2, 0.25) is 0 Å². The smallest absolute Gasteiger partial charge is 0.161 e. The molecule has 3 rings (SSSR count). The molecular weight excluding hydrogens is 319 g/mol. The highest BCUT2D eigenvalue weighted by Gasteiger charge is 2.17. The van der Waals surface area contributed by atoms with Crippen LogP contribution in [-0.4, -0.2) is 13.2 Å². The monoisotopic (exact) mass is 328 g/mol. The van der Waals surface area contributed by atoms with Gasteiger partial charge in [0.25, 0.3) is 0 Å². The van der Waals surface area contributed by atoms with Crippen molar-refractivity contribution < 1.29 is 9.47 Å². The van der Waals surface area contributed by atoms with Gasteiger partial charge in [-0.1, -0.05) is 29.3 Å². The van der Waals surface area contributed by atoms with Gasteiger partial charge in [-0.2, -0.15) is 0 Å². The Morgan fingerprint density at radius 2 is 1.45 bits per heavy atom. The van der Waals surface area contributed by atoms with Gasteiger partial charge >= 0.3 is 0 Å². The fourth-order valence-corrected chi connectivity index (χ4v) is 2.94. The fourth-order valence-electron chi connectivity index (χ4n) is 2.13. The van der Waals surface area contributed by atoms with Crippen molar-refractivity contribution in [2.45, 2.75) is 5.38 Å². The SMILES string of the molecule is Clc1cc(Cl)cc(C(Cl)c2ccc3c(c2)OCCO3)c1. The second kappa shape index (κ2) is 5.72. The average molecular weight is 330 g/mol. The highest BCUT2D eigenvalue weighted by Crippen LogP contribution is 2.38. The number of hydrogen-bond acceptors (Lipinski definition) is 2. The molecule has 0 bridgehead atoms. The molecule has 5 heteroatoms. The van der Waals surface area contributed by atoms with Gasteiger partial charge in [0.15, 0.2) is 11.5 Å². The highest BCUT2D eigenvalue weighted by atomic mass is 35.5. The van der Waals surface area contributed by atoms with Crippen LogP contribution in [0, 0.1) is 0 Å². The second-order valence-electron chi connectivity index (χ2n) is 4.47.